The normalized spacial score (nSPS) is 10.0. The number of nitriles is 1. The Morgan fingerprint density at radius 1 is 1.54 bits per heavy atom. The third-order valence-corrected chi connectivity index (χ3v) is 1.54. The lowest BCUT2D eigenvalue weighted by molar-refractivity contribution is 0.146. The molecule has 0 aliphatic heterocycles. The van der Waals surface area contributed by atoms with Gasteiger partial charge in [-0.25, -0.2) is 8.78 Å². The largest absolute Gasteiger partial charge is 0.506 e. The van der Waals surface area contributed by atoms with E-state index in [4.69, 9.17) is 10.4 Å². The van der Waals surface area contributed by atoms with Crippen LogP contribution in [0.5, 0.6) is 5.75 Å². The van der Waals surface area contributed by atoms with E-state index in [0.717, 1.165) is 12.4 Å². The summed E-state index contributed by atoms with van der Waals surface area (Å²) in [6.07, 6.45) is -0.875. The fourth-order valence-corrected chi connectivity index (χ4v) is 0.979. The predicted molar refractivity (Wildman–Crippen MR) is 40.2 cm³/mol. The molecular formula is C8H6F2N2O. The number of aromatic nitrogens is 1. The molecule has 1 N–H and O–H groups in total. The summed E-state index contributed by atoms with van der Waals surface area (Å²) in [5, 5.41) is 17.3. The molecular weight excluding hydrogens is 178 g/mol. The molecule has 3 nitrogen and oxygen atoms in total. The standard InChI is InChI=1S/C8H6F2N2O/c9-8(10)7-5(1-2-11)3-12-4-6(7)13/h3-4,8,13H,1H2. The fraction of sp³-hybridized carbons (Fsp3) is 0.250. The van der Waals surface area contributed by atoms with E-state index < -0.39 is 17.7 Å². The first kappa shape index (κ1) is 9.39. The minimum atomic E-state index is -2.79. The van der Waals surface area contributed by atoms with Gasteiger partial charge in [-0.2, -0.15) is 5.26 Å². The van der Waals surface area contributed by atoms with Gasteiger partial charge in [0.1, 0.15) is 5.75 Å². The summed E-state index contributed by atoms with van der Waals surface area (Å²) in [6.45, 7) is 0. The lowest BCUT2D eigenvalue weighted by Gasteiger charge is -2.06. The van der Waals surface area contributed by atoms with Crippen molar-refractivity contribution >= 4 is 0 Å². The number of rotatable bonds is 2. The second-order valence-corrected chi connectivity index (χ2v) is 2.37. The molecule has 0 unspecified atom stereocenters. The highest BCUT2D eigenvalue weighted by Gasteiger charge is 2.17. The maximum atomic E-state index is 12.3. The Labute approximate surface area is 73.3 Å². The second-order valence-electron chi connectivity index (χ2n) is 2.37. The van der Waals surface area contributed by atoms with Gasteiger partial charge < -0.3 is 5.11 Å². The maximum Gasteiger partial charge on any atom is 0.267 e. The number of nitrogens with zero attached hydrogens (tertiary/aromatic N) is 2. The van der Waals surface area contributed by atoms with E-state index in [-0.39, 0.29) is 12.0 Å². The van der Waals surface area contributed by atoms with Crippen molar-refractivity contribution in [2.75, 3.05) is 0 Å². The van der Waals surface area contributed by atoms with Crippen LogP contribution in [0.2, 0.25) is 0 Å². The number of hydrogen-bond donors (Lipinski definition) is 1. The SMILES string of the molecule is N#CCc1cncc(O)c1C(F)F. The molecule has 0 amide bonds. The summed E-state index contributed by atoms with van der Waals surface area (Å²) in [5.41, 5.74) is -0.436. The van der Waals surface area contributed by atoms with Crippen LogP contribution in [-0.2, 0) is 6.42 Å². The van der Waals surface area contributed by atoms with E-state index in [2.05, 4.69) is 4.98 Å². The third-order valence-electron chi connectivity index (χ3n) is 1.54. The zero-order valence-corrected chi connectivity index (χ0v) is 6.54. The van der Waals surface area contributed by atoms with Gasteiger partial charge in [0.2, 0.25) is 0 Å². The third kappa shape index (κ3) is 1.90. The smallest absolute Gasteiger partial charge is 0.267 e. The zero-order chi connectivity index (χ0) is 9.84. The van der Waals surface area contributed by atoms with Crippen LogP contribution in [0.3, 0.4) is 0 Å². The van der Waals surface area contributed by atoms with Crippen LogP contribution in [0.15, 0.2) is 12.4 Å². The Kier molecular flexibility index (Phi) is 2.75. The highest BCUT2D eigenvalue weighted by Crippen LogP contribution is 2.30. The molecule has 68 valence electrons. The Hall–Kier alpha value is -1.70. The Bertz CT molecular complexity index is 346. The van der Waals surface area contributed by atoms with Crippen molar-refractivity contribution < 1.29 is 13.9 Å². The lowest BCUT2D eigenvalue weighted by Crippen LogP contribution is -1.95. The van der Waals surface area contributed by atoms with E-state index in [1.807, 2.05) is 0 Å². The van der Waals surface area contributed by atoms with Crippen LogP contribution in [-0.4, -0.2) is 10.1 Å². The summed E-state index contributed by atoms with van der Waals surface area (Å²) in [5.74, 6) is -0.567. The minimum Gasteiger partial charge on any atom is -0.506 e. The summed E-state index contributed by atoms with van der Waals surface area (Å²) in [4.78, 5) is 3.51. The second kappa shape index (κ2) is 3.81. The first-order valence-corrected chi connectivity index (χ1v) is 3.47. The molecule has 1 aromatic heterocycles. The van der Waals surface area contributed by atoms with Crippen molar-refractivity contribution in [3.63, 3.8) is 0 Å². The van der Waals surface area contributed by atoms with Crippen LogP contribution in [0.1, 0.15) is 17.6 Å². The number of aromatic hydroxyl groups is 1. The van der Waals surface area contributed by atoms with E-state index in [9.17, 15) is 8.78 Å². The van der Waals surface area contributed by atoms with Crippen LogP contribution < -0.4 is 0 Å². The van der Waals surface area contributed by atoms with Gasteiger partial charge in [0, 0.05) is 6.20 Å². The molecule has 0 saturated carbocycles. The molecule has 0 saturated heterocycles. The van der Waals surface area contributed by atoms with Gasteiger partial charge in [0.15, 0.2) is 0 Å². The molecule has 0 fully saturated rings. The van der Waals surface area contributed by atoms with Crippen LogP contribution >= 0.6 is 0 Å². The summed E-state index contributed by atoms with van der Waals surface area (Å²) in [6, 6.07) is 1.72. The number of hydrogen-bond acceptors (Lipinski definition) is 3. The van der Waals surface area contributed by atoms with Gasteiger partial charge in [-0.1, -0.05) is 0 Å². The van der Waals surface area contributed by atoms with Crippen LogP contribution in [0.25, 0.3) is 0 Å². The monoisotopic (exact) mass is 184 g/mol. The zero-order valence-electron chi connectivity index (χ0n) is 6.54. The predicted octanol–water partition coefficient (Wildman–Crippen LogP) is 1.79. The van der Waals surface area contributed by atoms with Crippen molar-refractivity contribution in [2.45, 2.75) is 12.8 Å². The Morgan fingerprint density at radius 3 is 2.77 bits per heavy atom. The van der Waals surface area contributed by atoms with Crippen molar-refractivity contribution in [3.05, 3.63) is 23.5 Å². The van der Waals surface area contributed by atoms with E-state index in [1.54, 1.807) is 6.07 Å². The van der Waals surface area contributed by atoms with E-state index in [1.165, 1.54) is 0 Å². The van der Waals surface area contributed by atoms with Crippen LogP contribution in [0.4, 0.5) is 8.78 Å². The molecule has 0 aliphatic rings. The number of pyridine rings is 1. The summed E-state index contributed by atoms with van der Waals surface area (Å²) < 4.78 is 24.6. The molecule has 1 rings (SSSR count). The molecule has 13 heavy (non-hydrogen) atoms. The number of halogens is 2. The highest BCUT2D eigenvalue weighted by atomic mass is 19.3. The van der Waals surface area contributed by atoms with E-state index in [0.29, 0.717) is 0 Å². The quantitative estimate of drug-likeness (QED) is 0.762. The Balaban J connectivity index is 3.19. The van der Waals surface area contributed by atoms with Gasteiger partial charge >= 0.3 is 0 Å². The molecule has 0 atom stereocenters. The first-order valence-electron chi connectivity index (χ1n) is 3.47. The average Bonchev–Trinajstić information content (AvgIpc) is 2.04. The lowest BCUT2D eigenvalue weighted by atomic mass is 10.1. The van der Waals surface area contributed by atoms with Gasteiger partial charge in [-0.3, -0.25) is 4.98 Å². The average molecular weight is 184 g/mol. The Morgan fingerprint density at radius 2 is 2.23 bits per heavy atom. The molecule has 0 aliphatic carbocycles. The van der Waals surface area contributed by atoms with Gasteiger partial charge in [0.25, 0.3) is 6.43 Å². The van der Waals surface area contributed by atoms with Crippen molar-refractivity contribution in [1.29, 1.82) is 5.26 Å². The van der Waals surface area contributed by atoms with Crippen LogP contribution in [0, 0.1) is 11.3 Å². The van der Waals surface area contributed by atoms with E-state index >= 15 is 0 Å². The molecule has 1 aromatic rings. The molecule has 0 aromatic carbocycles. The minimum absolute atomic E-state index is 0.0671. The topological polar surface area (TPSA) is 56.9 Å². The molecule has 1 heterocycles. The highest BCUT2D eigenvalue weighted by molar-refractivity contribution is 5.38. The van der Waals surface area contributed by atoms with Gasteiger partial charge in [-0.05, 0) is 5.56 Å². The molecule has 5 heteroatoms. The molecule has 0 bridgehead atoms. The number of alkyl halides is 2. The van der Waals surface area contributed by atoms with Crippen molar-refractivity contribution in [3.8, 4) is 11.8 Å². The summed E-state index contributed by atoms with van der Waals surface area (Å²) >= 11 is 0. The van der Waals surface area contributed by atoms with Crippen molar-refractivity contribution in [1.82, 2.24) is 4.98 Å². The summed E-state index contributed by atoms with van der Waals surface area (Å²) in [7, 11) is 0. The van der Waals surface area contributed by atoms with Gasteiger partial charge in [-0.15, -0.1) is 0 Å². The van der Waals surface area contributed by atoms with Crippen molar-refractivity contribution in [2.24, 2.45) is 0 Å². The molecule has 0 spiro atoms. The molecule has 0 radical (unpaired) electrons. The van der Waals surface area contributed by atoms with Gasteiger partial charge in [0.05, 0.1) is 24.3 Å². The maximum absolute atomic E-state index is 12.3. The first-order chi connectivity index (χ1) is 6.16. The fourth-order valence-electron chi connectivity index (χ4n) is 0.979.